The number of nitrogens with zero attached hydrogens (tertiary/aromatic N) is 2. The van der Waals surface area contributed by atoms with Gasteiger partial charge in [-0.15, -0.1) is 0 Å². The van der Waals surface area contributed by atoms with Gasteiger partial charge in [-0.1, -0.05) is 12.1 Å². The minimum Gasteiger partial charge on any atom is -0.493 e. The predicted molar refractivity (Wildman–Crippen MR) is 100 cm³/mol. The first-order valence-electron chi connectivity index (χ1n) is 8.22. The number of aromatic nitrogens is 2. The van der Waals surface area contributed by atoms with Gasteiger partial charge in [-0.05, 0) is 50.2 Å². The van der Waals surface area contributed by atoms with Gasteiger partial charge in [-0.25, -0.2) is 0 Å². The first-order valence-corrected chi connectivity index (χ1v) is 8.22. The van der Waals surface area contributed by atoms with Gasteiger partial charge in [0.1, 0.15) is 5.75 Å². The zero-order chi connectivity index (χ0) is 18.7. The number of anilines is 1. The molecule has 0 bridgehead atoms. The van der Waals surface area contributed by atoms with E-state index >= 15 is 0 Å². The Bertz CT molecular complexity index is 930. The molecule has 0 atom stereocenters. The lowest BCUT2D eigenvalue weighted by molar-refractivity contribution is 0.102. The molecule has 134 valence electrons. The Labute approximate surface area is 152 Å². The number of nitrogens with one attached hydrogen (secondary N) is 1. The molecule has 6 heteroatoms. The quantitative estimate of drug-likeness (QED) is 0.752. The summed E-state index contributed by atoms with van der Waals surface area (Å²) in [4.78, 5) is 12.5. The van der Waals surface area contributed by atoms with Crippen LogP contribution in [0.3, 0.4) is 0 Å². The second kappa shape index (κ2) is 7.31. The van der Waals surface area contributed by atoms with Gasteiger partial charge in [0, 0.05) is 18.4 Å². The van der Waals surface area contributed by atoms with Crippen LogP contribution in [0.1, 0.15) is 21.7 Å². The van der Waals surface area contributed by atoms with Crippen molar-refractivity contribution in [2.75, 3.05) is 12.4 Å². The van der Waals surface area contributed by atoms with Crippen molar-refractivity contribution in [3.8, 4) is 17.2 Å². The number of carbonyl (C=O) groups is 1. The number of hydrogen-bond acceptors (Lipinski definition) is 4. The molecule has 1 amide bonds. The molecule has 0 aliphatic rings. The average Bonchev–Trinajstić information content (AvgIpc) is 2.89. The highest BCUT2D eigenvalue weighted by Gasteiger charge is 2.17. The normalized spacial score (nSPS) is 10.5. The van der Waals surface area contributed by atoms with Crippen molar-refractivity contribution < 1.29 is 14.3 Å². The van der Waals surface area contributed by atoms with Crippen LogP contribution in [-0.4, -0.2) is 22.8 Å². The smallest absolute Gasteiger partial charge is 0.259 e. The minimum absolute atomic E-state index is 0.175. The molecule has 1 N–H and O–H groups in total. The van der Waals surface area contributed by atoms with Crippen molar-refractivity contribution in [1.29, 1.82) is 0 Å². The van der Waals surface area contributed by atoms with Gasteiger partial charge in [-0.3, -0.25) is 9.48 Å². The third-order valence-electron chi connectivity index (χ3n) is 4.15. The fourth-order valence-corrected chi connectivity index (χ4v) is 2.73. The number of benzene rings is 2. The van der Waals surface area contributed by atoms with Crippen LogP contribution >= 0.6 is 0 Å². The summed E-state index contributed by atoms with van der Waals surface area (Å²) in [5.41, 5.74) is 2.82. The maximum atomic E-state index is 12.5. The standard InChI is InChI=1S/C20H21N3O3/c1-13-19(14(2)23(3)22-13)20(24)21-15-9-11-16(12-10-15)26-18-8-6-5-7-17(18)25-4/h5-12H,1-4H3,(H,21,24). The Morgan fingerprint density at radius 3 is 2.27 bits per heavy atom. The molecule has 0 fully saturated rings. The monoisotopic (exact) mass is 351 g/mol. The van der Waals surface area contributed by atoms with Gasteiger partial charge in [0.25, 0.3) is 5.91 Å². The van der Waals surface area contributed by atoms with E-state index in [1.165, 1.54) is 0 Å². The van der Waals surface area contributed by atoms with Gasteiger partial charge >= 0.3 is 0 Å². The summed E-state index contributed by atoms with van der Waals surface area (Å²) >= 11 is 0. The van der Waals surface area contributed by atoms with Gasteiger partial charge < -0.3 is 14.8 Å². The predicted octanol–water partition coefficient (Wildman–Crippen LogP) is 4.09. The summed E-state index contributed by atoms with van der Waals surface area (Å²) in [5, 5.41) is 7.17. The lowest BCUT2D eigenvalue weighted by Crippen LogP contribution is -2.14. The molecule has 1 aromatic heterocycles. The second-order valence-electron chi connectivity index (χ2n) is 5.90. The molecule has 0 unspecified atom stereocenters. The van der Waals surface area contributed by atoms with Crippen LogP contribution in [0.25, 0.3) is 0 Å². The van der Waals surface area contributed by atoms with E-state index in [0.29, 0.717) is 34.2 Å². The number of amides is 1. The number of aryl methyl sites for hydroxylation is 2. The fraction of sp³-hybridized carbons (Fsp3) is 0.200. The largest absolute Gasteiger partial charge is 0.493 e. The lowest BCUT2D eigenvalue weighted by Gasteiger charge is -2.11. The van der Waals surface area contributed by atoms with Crippen molar-refractivity contribution in [2.24, 2.45) is 7.05 Å². The van der Waals surface area contributed by atoms with Crippen molar-refractivity contribution in [3.63, 3.8) is 0 Å². The molecule has 0 spiro atoms. The van der Waals surface area contributed by atoms with Crippen molar-refractivity contribution in [1.82, 2.24) is 9.78 Å². The maximum absolute atomic E-state index is 12.5. The van der Waals surface area contributed by atoms with E-state index in [1.807, 2.05) is 45.2 Å². The molecule has 0 radical (unpaired) electrons. The molecule has 0 aliphatic heterocycles. The number of hydrogen-bond donors (Lipinski definition) is 1. The highest BCUT2D eigenvalue weighted by molar-refractivity contribution is 6.05. The number of methoxy groups -OCH3 is 1. The first-order chi connectivity index (χ1) is 12.5. The van der Waals surface area contributed by atoms with E-state index in [1.54, 1.807) is 36.1 Å². The Morgan fingerprint density at radius 2 is 1.69 bits per heavy atom. The molecule has 0 saturated heterocycles. The minimum atomic E-state index is -0.175. The third kappa shape index (κ3) is 3.54. The van der Waals surface area contributed by atoms with Crippen LogP contribution in [0, 0.1) is 13.8 Å². The molecular formula is C20H21N3O3. The summed E-state index contributed by atoms with van der Waals surface area (Å²) in [7, 11) is 3.42. The average molecular weight is 351 g/mol. The van der Waals surface area contributed by atoms with Crippen LogP contribution < -0.4 is 14.8 Å². The Morgan fingerprint density at radius 1 is 1.04 bits per heavy atom. The molecule has 0 saturated carbocycles. The van der Waals surface area contributed by atoms with Gasteiger partial charge in [0.15, 0.2) is 11.5 Å². The first kappa shape index (κ1) is 17.5. The van der Waals surface area contributed by atoms with Gasteiger partial charge in [0.2, 0.25) is 0 Å². The summed E-state index contributed by atoms with van der Waals surface area (Å²) in [6, 6.07) is 14.6. The molecule has 3 rings (SSSR count). The molecule has 3 aromatic rings. The second-order valence-corrected chi connectivity index (χ2v) is 5.90. The molecule has 26 heavy (non-hydrogen) atoms. The molecule has 1 heterocycles. The third-order valence-corrected chi connectivity index (χ3v) is 4.15. The molecule has 6 nitrogen and oxygen atoms in total. The van der Waals surface area contributed by atoms with Crippen LogP contribution in [0.2, 0.25) is 0 Å². The van der Waals surface area contributed by atoms with Gasteiger partial charge in [-0.2, -0.15) is 5.10 Å². The van der Waals surface area contributed by atoms with E-state index < -0.39 is 0 Å². The lowest BCUT2D eigenvalue weighted by atomic mass is 10.2. The Kier molecular flexibility index (Phi) is 4.93. The number of para-hydroxylation sites is 2. The van der Waals surface area contributed by atoms with E-state index in [-0.39, 0.29) is 5.91 Å². The van der Waals surface area contributed by atoms with Crippen LogP contribution in [0.4, 0.5) is 5.69 Å². The number of carbonyl (C=O) groups excluding carboxylic acids is 1. The van der Waals surface area contributed by atoms with E-state index in [0.717, 1.165) is 5.69 Å². The van der Waals surface area contributed by atoms with Gasteiger partial charge in [0.05, 0.1) is 18.4 Å². The highest BCUT2D eigenvalue weighted by Crippen LogP contribution is 2.31. The Hall–Kier alpha value is -3.28. The molecule has 2 aromatic carbocycles. The van der Waals surface area contributed by atoms with Crippen LogP contribution in [-0.2, 0) is 7.05 Å². The number of rotatable bonds is 5. The van der Waals surface area contributed by atoms with Crippen molar-refractivity contribution in [3.05, 3.63) is 65.5 Å². The fourth-order valence-electron chi connectivity index (χ4n) is 2.73. The molecule has 0 aliphatic carbocycles. The zero-order valence-electron chi connectivity index (χ0n) is 15.2. The van der Waals surface area contributed by atoms with E-state index in [2.05, 4.69) is 10.4 Å². The molecular weight excluding hydrogens is 330 g/mol. The van der Waals surface area contributed by atoms with Crippen molar-refractivity contribution >= 4 is 11.6 Å². The summed E-state index contributed by atoms with van der Waals surface area (Å²) < 4.78 is 12.8. The van der Waals surface area contributed by atoms with Crippen molar-refractivity contribution in [2.45, 2.75) is 13.8 Å². The topological polar surface area (TPSA) is 65.4 Å². The SMILES string of the molecule is COc1ccccc1Oc1ccc(NC(=O)c2c(C)nn(C)c2C)cc1. The highest BCUT2D eigenvalue weighted by atomic mass is 16.5. The van der Waals surface area contributed by atoms with E-state index in [9.17, 15) is 4.79 Å². The number of ether oxygens (including phenoxy) is 2. The Balaban J connectivity index is 1.72. The zero-order valence-corrected chi connectivity index (χ0v) is 15.2. The van der Waals surface area contributed by atoms with Crippen LogP contribution in [0.5, 0.6) is 17.2 Å². The summed E-state index contributed by atoms with van der Waals surface area (Å²) in [6.07, 6.45) is 0. The maximum Gasteiger partial charge on any atom is 0.259 e. The summed E-state index contributed by atoms with van der Waals surface area (Å²) in [5.74, 6) is 1.77. The van der Waals surface area contributed by atoms with Crippen LogP contribution in [0.15, 0.2) is 48.5 Å². The summed E-state index contributed by atoms with van der Waals surface area (Å²) in [6.45, 7) is 3.70. The van der Waals surface area contributed by atoms with E-state index in [4.69, 9.17) is 9.47 Å².